The summed E-state index contributed by atoms with van der Waals surface area (Å²) in [6, 6.07) is 16.3. The first-order chi connectivity index (χ1) is 12.4. The van der Waals surface area contributed by atoms with Crippen LogP contribution in [0.15, 0.2) is 54.6 Å². The normalized spacial score (nSPS) is 10.1. The highest BCUT2D eigenvalue weighted by atomic mass is 16.2. The molecule has 0 aromatic heterocycles. The van der Waals surface area contributed by atoms with Gasteiger partial charge < -0.3 is 15.1 Å². The molecule has 0 aliphatic carbocycles. The van der Waals surface area contributed by atoms with Crippen LogP contribution in [-0.4, -0.2) is 48.7 Å². The second-order valence-corrected chi connectivity index (χ2v) is 6.26. The molecule has 0 heterocycles. The van der Waals surface area contributed by atoms with Crippen molar-refractivity contribution in [1.82, 2.24) is 9.80 Å². The molecule has 0 saturated heterocycles. The lowest BCUT2D eigenvalue weighted by Gasteiger charge is -2.17. The summed E-state index contributed by atoms with van der Waals surface area (Å²) in [4.78, 5) is 38.9. The van der Waals surface area contributed by atoms with Gasteiger partial charge >= 0.3 is 11.8 Å². The van der Waals surface area contributed by atoms with E-state index in [9.17, 15) is 14.4 Å². The molecule has 0 bridgehead atoms. The lowest BCUT2D eigenvalue weighted by molar-refractivity contribution is -0.142. The highest BCUT2D eigenvalue weighted by molar-refractivity contribution is 6.39. The number of benzene rings is 2. The third-order valence-electron chi connectivity index (χ3n) is 3.87. The number of anilines is 1. The van der Waals surface area contributed by atoms with Gasteiger partial charge in [-0.05, 0) is 23.3 Å². The fourth-order valence-corrected chi connectivity index (χ4v) is 2.33. The number of carbonyl (C=O) groups is 3. The highest BCUT2D eigenvalue weighted by Gasteiger charge is 2.19. The van der Waals surface area contributed by atoms with E-state index >= 15 is 0 Å². The van der Waals surface area contributed by atoms with E-state index < -0.39 is 11.8 Å². The zero-order valence-corrected chi connectivity index (χ0v) is 15.2. The molecule has 6 nitrogen and oxygen atoms in total. The molecule has 2 aromatic rings. The summed E-state index contributed by atoms with van der Waals surface area (Å²) in [5.41, 5.74) is 2.30. The highest BCUT2D eigenvalue weighted by Crippen LogP contribution is 2.11. The first-order valence-electron chi connectivity index (χ1n) is 8.26. The Bertz CT molecular complexity index is 771. The molecule has 0 unspecified atom stereocenters. The van der Waals surface area contributed by atoms with Crippen LogP contribution >= 0.6 is 0 Å². The predicted octanol–water partition coefficient (Wildman–Crippen LogP) is 1.91. The van der Waals surface area contributed by atoms with Crippen molar-refractivity contribution in [3.05, 3.63) is 65.7 Å². The van der Waals surface area contributed by atoms with Gasteiger partial charge in [0, 0.05) is 33.4 Å². The Hall–Kier alpha value is -3.15. The maximum atomic E-state index is 12.2. The molecule has 136 valence electrons. The Balaban J connectivity index is 1.92. The predicted molar refractivity (Wildman–Crippen MR) is 100 cm³/mol. The van der Waals surface area contributed by atoms with Gasteiger partial charge in [-0.3, -0.25) is 14.4 Å². The van der Waals surface area contributed by atoms with Crippen molar-refractivity contribution in [1.29, 1.82) is 0 Å². The van der Waals surface area contributed by atoms with E-state index in [-0.39, 0.29) is 5.91 Å². The zero-order chi connectivity index (χ0) is 19.1. The maximum absolute atomic E-state index is 12.2. The van der Waals surface area contributed by atoms with Crippen molar-refractivity contribution in [3.8, 4) is 0 Å². The zero-order valence-electron chi connectivity index (χ0n) is 15.2. The van der Waals surface area contributed by atoms with Crippen LogP contribution in [0.2, 0.25) is 0 Å². The molecule has 0 atom stereocenters. The van der Waals surface area contributed by atoms with Crippen LogP contribution in [-0.2, 0) is 27.3 Å². The van der Waals surface area contributed by atoms with E-state index in [1.165, 1.54) is 9.80 Å². The molecule has 6 heteroatoms. The standard InChI is InChI=1S/C20H23N3O3/c1-22(2)18(24)13-15-9-11-17(12-10-15)21-19(25)20(26)23(3)14-16-7-5-4-6-8-16/h4-12H,13-14H2,1-3H3,(H,21,25). The summed E-state index contributed by atoms with van der Waals surface area (Å²) in [6.45, 7) is 0.360. The van der Waals surface area contributed by atoms with Gasteiger partial charge in [0.25, 0.3) is 0 Å². The molecule has 3 amide bonds. The number of rotatable bonds is 5. The largest absolute Gasteiger partial charge is 0.349 e. The van der Waals surface area contributed by atoms with Crippen LogP contribution in [0, 0.1) is 0 Å². The van der Waals surface area contributed by atoms with Crippen molar-refractivity contribution < 1.29 is 14.4 Å². The Kier molecular flexibility index (Phi) is 6.49. The summed E-state index contributed by atoms with van der Waals surface area (Å²) < 4.78 is 0. The minimum atomic E-state index is -0.694. The van der Waals surface area contributed by atoms with Crippen molar-refractivity contribution in [3.63, 3.8) is 0 Å². The SMILES string of the molecule is CN(C)C(=O)Cc1ccc(NC(=O)C(=O)N(C)Cc2ccccc2)cc1. The van der Waals surface area contributed by atoms with Crippen LogP contribution in [0.4, 0.5) is 5.69 Å². The molecule has 2 rings (SSSR count). The molecule has 26 heavy (non-hydrogen) atoms. The number of likely N-dealkylation sites (N-methyl/N-ethyl adjacent to an activating group) is 2. The quantitative estimate of drug-likeness (QED) is 0.835. The van der Waals surface area contributed by atoms with Crippen LogP contribution in [0.5, 0.6) is 0 Å². The average molecular weight is 353 g/mol. The average Bonchev–Trinajstić information content (AvgIpc) is 2.63. The molecule has 0 saturated carbocycles. The van der Waals surface area contributed by atoms with E-state index in [0.717, 1.165) is 11.1 Å². The van der Waals surface area contributed by atoms with E-state index in [1.54, 1.807) is 45.4 Å². The van der Waals surface area contributed by atoms with E-state index in [2.05, 4.69) is 5.32 Å². The Morgan fingerprint density at radius 2 is 1.46 bits per heavy atom. The second kappa shape index (κ2) is 8.80. The number of nitrogens with one attached hydrogen (secondary N) is 1. The van der Waals surface area contributed by atoms with Crippen molar-refractivity contribution in [2.45, 2.75) is 13.0 Å². The van der Waals surface area contributed by atoms with Crippen LogP contribution in [0.25, 0.3) is 0 Å². The molecule has 2 aromatic carbocycles. The Morgan fingerprint density at radius 1 is 0.846 bits per heavy atom. The molecular weight excluding hydrogens is 330 g/mol. The van der Waals surface area contributed by atoms with Gasteiger partial charge in [0.1, 0.15) is 0 Å². The second-order valence-electron chi connectivity index (χ2n) is 6.26. The smallest absolute Gasteiger partial charge is 0.313 e. The van der Waals surface area contributed by atoms with Crippen LogP contribution < -0.4 is 5.32 Å². The van der Waals surface area contributed by atoms with E-state index in [4.69, 9.17) is 0 Å². The number of amides is 3. The third-order valence-corrected chi connectivity index (χ3v) is 3.87. The molecule has 0 aliphatic rings. The van der Waals surface area contributed by atoms with Gasteiger partial charge in [-0.25, -0.2) is 0 Å². The monoisotopic (exact) mass is 353 g/mol. The van der Waals surface area contributed by atoms with E-state index in [0.29, 0.717) is 18.7 Å². The van der Waals surface area contributed by atoms with Gasteiger partial charge in [0.15, 0.2) is 0 Å². The Labute approximate surface area is 153 Å². The topological polar surface area (TPSA) is 69.7 Å². The fourth-order valence-electron chi connectivity index (χ4n) is 2.33. The minimum absolute atomic E-state index is 0.000463. The molecule has 0 aliphatic heterocycles. The number of nitrogens with zero attached hydrogens (tertiary/aromatic N) is 2. The van der Waals surface area contributed by atoms with Crippen molar-refractivity contribution in [2.24, 2.45) is 0 Å². The van der Waals surface area contributed by atoms with Gasteiger partial charge in [0.2, 0.25) is 5.91 Å². The lowest BCUT2D eigenvalue weighted by atomic mass is 10.1. The van der Waals surface area contributed by atoms with Crippen LogP contribution in [0.3, 0.4) is 0 Å². The van der Waals surface area contributed by atoms with Gasteiger partial charge in [-0.15, -0.1) is 0 Å². The van der Waals surface area contributed by atoms with Crippen molar-refractivity contribution >= 4 is 23.4 Å². The number of hydrogen-bond donors (Lipinski definition) is 1. The van der Waals surface area contributed by atoms with Crippen molar-refractivity contribution in [2.75, 3.05) is 26.5 Å². The third kappa shape index (κ3) is 5.44. The summed E-state index contributed by atoms with van der Waals surface area (Å²) in [7, 11) is 4.99. The van der Waals surface area contributed by atoms with Gasteiger partial charge in [-0.1, -0.05) is 42.5 Å². The first kappa shape index (κ1) is 19.2. The number of carbonyl (C=O) groups excluding carboxylic acids is 3. The van der Waals surface area contributed by atoms with Crippen LogP contribution in [0.1, 0.15) is 11.1 Å². The molecule has 0 spiro atoms. The molecule has 0 fully saturated rings. The summed E-state index contributed by atoms with van der Waals surface area (Å²) in [5, 5.41) is 2.59. The summed E-state index contributed by atoms with van der Waals surface area (Å²) in [6.07, 6.45) is 0.292. The lowest BCUT2D eigenvalue weighted by Crippen LogP contribution is -2.36. The molecule has 1 N–H and O–H groups in total. The Morgan fingerprint density at radius 3 is 2.04 bits per heavy atom. The minimum Gasteiger partial charge on any atom is -0.349 e. The fraction of sp³-hybridized carbons (Fsp3) is 0.250. The van der Waals surface area contributed by atoms with E-state index in [1.807, 2.05) is 30.3 Å². The summed E-state index contributed by atoms with van der Waals surface area (Å²) >= 11 is 0. The molecule has 0 radical (unpaired) electrons. The molecular formula is C20H23N3O3. The van der Waals surface area contributed by atoms with Gasteiger partial charge in [-0.2, -0.15) is 0 Å². The van der Waals surface area contributed by atoms with Gasteiger partial charge in [0.05, 0.1) is 6.42 Å². The number of hydrogen-bond acceptors (Lipinski definition) is 3. The summed E-state index contributed by atoms with van der Waals surface area (Å²) in [5.74, 6) is -1.30. The maximum Gasteiger partial charge on any atom is 0.313 e. The first-order valence-corrected chi connectivity index (χ1v) is 8.26.